The molecule has 0 aliphatic carbocycles. The van der Waals surface area contributed by atoms with Gasteiger partial charge in [-0.15, -0.1) is 12.4 Å². The van der Waals surface area contributed by atoms with E-state index in [4.69, 9.17) is 23.2 Å². The van der Waals surface area contributed by atoms with Gasteiger partial charge in [0.25, 0.3) is 5.91 Å². The van der Waals surface area contributed by atoms with Gasteiger partial charge in [0.15, 0.2) is 0 Å². The fraction of sp³-hybridized carbons (Fsp3) is 0.500. The second kappa shape index (κ2) is 7.51. The molecule has 1 amide bonds. The van der Waals surface area contributed by atoms with Crippen LogP contribution in [0.4, 0.5) is 0 Å². The number of hydrogen-bond acceptors (Lipinski definition) is 2. The lowest BCUT2D eigenvalue weighted by atomic mass is 10.0. The van der Waals surface area contributed by atoms with E-state index < -0.39 is 0 Å². The van der Waals surface area contributed by atoms with Crippen molar-refractivity contribution < 1.29 is 4.79 Å². The van der Waals surface area contributed by atoms with Gasteiger partial charge in [-0.1, -0.05) is 23.2 Å². The Labute approximate surface area is 137 Å². The molecule has 0 saturated heterocycles. The van der Waals surface area contributed by atoms with E-state index >= 15 is 0 Å². The molecule has 6 heteroatoms. The minimum absolute atomic E-state index is 0. The SMILES string of the molecule is CN(CC(C)(C)N(C)C)C(=O)c1ccc(Cl)c(Cl)c1.Cl. The Morgan fingerprint density at radius 1 is 1.15 bits per heavy atom. The molecule has 0 atom stereocenters. The van der Waals surface area contributed by atoms with Gasteiger partial charge in [0, 0.05) is 24.7 Å². The van der Waals surface area contributed by atoms with Gasteiger partial charge >= 0.3 is 0 Å². The molecule has 0 saturated carbocycles. The van der Waals surface area contributed by atoms with Gasteiger partial charge in [0.1, 0.15) is 0 Å². The third-order valence-corrected chi connectivity index (χ3v) is 4.09. The van der Waals surface area contributed by atoms with Crippen molar-refractivity contribution in [2.45, 2.75) is 19.4 Å². The first-order chi connectivity index (χ1) is 8.65. The van der Waals surface area contributed by atoms with Crippen molar-refractivity contribution in [3.8, 4) is 0 Å². The Kier molecular flexibility index (Phi) is 7.33. The summed E-state index contributed by atoms with van der Waals surface area (Å²) in [4.78, 5) is 16.1. The summed E-state index contributed by atoms with van der Waals surface area (Å²) < 4.78 is 0. The molecule has 0 bridgehead atoms. The van der Waals surface area contributed by atoms with Gasteiger partial charge in [-0.05, 0) is 46.1 Å². The number of halogens is 3. The van der Waals surface area contributed by atoms with Crippen molar-refractivity contribution in [2.24, 2.45) is 0 Å². The van der Waals surface area contributed by atoms with Crippen LogP contribution < -0.4 is 0 Å². The van der Waals surface area contributed by atoms with E-state index in [1.165, 1.54) is 0 Å². The second-order valence-corrected chi connectivity index (χ2v) is 6.31. The molecule has 0 fully saturated rings. The molecule has 114 valence electrons. The number of hydrogen-bond donors (Lipinski definition) is 0. The Morgan fingerprint density at radius 3 is 2.15 bits per heavy atom. The van der Waals surface area contributed by atoms with Crippen molar-refractivity contribution in [2.75, 3.05) is 27.7 Å². The summed E-state index contributed by atoms with van der Waals surface area (Å²) in [6, 6.07) is 4.93. The number of likely N-dealkylation sites (N-methyl/N-ethyl adjacent to an activating group) is 2. The molecule has 0 radical (unpaired) electrons. The lowest BCUT2D eigenvalue weighted by Crippen LogP contribution is -2.48. The van der Waals surface area contributed by atoms with Gasteiger partial charge in [-0.3, -0.25) is 4.79 Å². The van der Waals surface area contributed by atoms with Crippen LogP contribution in [0.15, 0.2) is 18.2 Å². The van der Waals surface area contributed by atoms with Crippen LogP contribution >= 0.6 is 35.6 Å². The van der Waals surface area contributed by atoms with Crippen LogP contribution in [0.2, 0.25) is 10.0 Å². The molecular weight excluding hydrogens is 319 g/mol. The normalized spacial score (nSPS) is 11.2. The maximum absolute atomic E-state index is 12.3. The number of benzene rings is 1. The van der Waals surface area contributed by atoms with E-state index in [2.05, 4.69) is 18.7 Å². The summed E-state index contributed by atoms with van der Waals surface area (Å²) in [6.07, 6.45) is 0. The molecule has 1 rings (SSSR count). The quantitative estimate of drug-likeness (QED) is 0.832. The summed E-state index contributed by atoms with van der Waals surface area (Å²) in [5, 5.41) is 0.849. The summed E-state index contributed by atoms with van der Waals surface area (Å²) in [6.45, 7) is 4.80. The first-order valence-electron chi connectivity index (χ1n) is 6.03. The van der Waals surface area contributed by atoms with Gasteiger partial charge in [0.05, 0.1) is 10.0 Å². The van der Waals surface area contributed by atoms with Crippen LogP contribution in [-0.4, -0.2) is 48.9 Å². The largest absolute Gasteiger partial charge is 0.340 e. The molecule has 1 aromatic rings. The van der Waals surface area contributed by atoms with E-state index in [1.807, 2.05) is 14.1 Å². The van der Waals surface area contributed by atoms with E-state index in [-0.39, 0.29) is 23.9 Å². The standard InChI is InChI=1S/C14H20Cl2N2O.ClH/c1-14(2,17(3)4)9-18(5)13(19)10-6-7-11(15)12(16)8-10;/h6-8H,9H2,1-5H3;1H. The lowest BCUT2D eigenvalue weighted by Gasteiger charge is -2.36. The highest BCUT2D eigenvalue weighted by molar-refractivity contribution is 6.42. The highest BCUT2D eigenvalue weighted by Crippen LogP contribution is 2.23. The van der Waals surface area contributed by atoms with E-state index in [1.54, 1.807) is 30.1 Å². The highest BCUT2D eigenvalue weighted by Gasteiger charge is 2.25. The molecule has 20 heavy (non-hydrogen) atoms. The summed E-state index contributed by atoms with van der Waals surface area (Å²) in [7, 11) is 5.78. The minimum atomic E-state index is -0.0966. The predicted octanol–water partition coefficient (Wildman–Crippen LogP) is 3.83. The smallest absolute Gasteiger partial charge is 0.253 e. The molecule has 3 nitrogen and oxygen atoms in total. The zero-order chi connectivity index (χ0) is 14.8. The summed E-state index contributed by atoms with van der Waals surface area (Å²) >= 11 is 11.8. The molecule has 0 N–H and O–H groups in total. The lowest BCUT2D eigenvalue weighted by molar-refractivity contribution is 0.0686. The van der Waals surface area contributed by atoms with Gasteiger partial charge in [0.2, 0.25) is 0 Å². The maximum Gasteiger partial charge on any atom is 0.253 e. The summed E-state index contributed by atoms with van der Waals surface area (Å²) in [5.41, 5.74) is 0.451. The van der Waals surface area contributed by atoms with Crippen LogP contribution in [0.3, 0.4) is 0 Å². The van der Waals surface area contributed by atoms with Gasteiger partial charge in [-0.2, -0.15) is 0 Å². The number of carbonyl (C=O) groups excluding carboxylic acids is 1. The molecule has 0 unspecified atom stereocenters. The average Bonchev–Trinajstić information content (AvgIpc) is 2.31. The summed E-state index contributed by atoms with van der Waals surface area (Å²) in [5.74, 6) is -0.0616. The first kappa shape index (κ1) is 19.5. The average molecular weight is 340 g/mol. The Balaban J connectivity index is 0.00000361. The molecule has 1 aromatic carbocycles. The third-order valence-electron chi connectivity index (χ3n) is 3.35. The number of nitrogens with zero attached hydrogens (tertiary/aromatic N) is 2. The molecule has 0 heterocycles. The number of carbonyl (C=O) groups is 1. The monoisotopic (exact) mass is 338 g/mol. The Hall–Kier alpha value is -0.480. The van der Waals surface area contributed by atoms with Gasteiger partial charge < -0.3 is 9.80 Å². The van der Waals surface area contributed by atoms with Crippen LogP contribution in [0, 0.1) is 0 Å². The fourth-order valence-electron chi connectivity index (χ4n) is 1.64. The van der Waals surface area contributed by atoms with Crippen LogP contribution in [-0.2, 0) is 0 Å². The van der Waals surface area contributed by atoms with Crippen molar-refractivity contribution in [3.05, 3.63) is 33.8 Å². The van der Waals surface area contributed by atoms with Crippen molar-refractivity contribution in [1.82, 2.24) is 9.80 Å². The first-order valence-corrected chi connectivity index (χ1v) is 6.78. The van der Waals surface area contributed by atoms with E-state index in [9.17, 15) is 4.79 Å². The maximum atomic E-state index is 12.3. The minimum Gasteiger partial charge on any atom is -0.340 e. The van der Waals surface area contributed by atoms with E-state index in [0.29, 0.717) is 22.2 Å². The zero-order valence-corrected chi connectivity index (χ0v) is 14.7. The predicted molar refractivity (Wildman–Crippen MR) is 88.4 cm³/mol. The van der Waals surface area contributed by atoms with Crippen molar-refractivity contribution in [1.29, 1.82) is 0 Å². The highest BCUT2D eigenvalue weighted by atomic mass is 35.5. The molecule has 0 aromatic heterocycles. The van der Waals surface area contributed by atoms with E-state index in [0.717, 1.165) is 0 Å². The Bertz CT molecular complexity index is 475. The van der Waals surface area contributed by atoms with Crippen LogP contribution in [0.25, 0.3) is 0 Å². The fourth-order valence-corrected chi connectivity index (χ4v) is 1.94. The van der Waals surface area contributed by atoms with Gasteiger partial charge in [-0.25, -0.2) is 0 Å². The topological polar surface area (TPSA) is 23.6 Å². The third kappa shape index (κ3) is 4.81. The molecule has 0 aliphatic rings. The molecule has 0 aliphatic heterocycles. The Morgan fingerprint density at radius 2 is 1.70 bits per heavy atom. The van der Waals surface area contributed by atoms with Crippen molar-refractivity contribution >= 4 is 41.5 Å². The zero-order valence-electron chi connectivity index (χ0n) is 12.4. The number of rotatable bonds is 4. The second-order valence-electron chi connectivity index (χ2n) is 5.50. The van der Waals surface area contributed by atoms with Crippen LogP contribution in [0.1, 0.15) is 24.2 Å². The van der Waals surface area contributed by atoms with Crippen LogP contribution in [0.5, 0.6) is 0 Å². The molecule has 0 spiro atoms. The molecular formula is C14H21Cl3N2O. The van der Waals surface area contributed by atoms with Crippen molar-refractivity contribution in [3.63, 3.8) is 0 Å². The number of amides is 1.